The Morgan fingerprint density at radius 1 is 0.453 bits per heavy atom. The number of carbonyl (C=O) groups is 24. The number of aliphatic hydroxyl groups excluding tert-OH is 4. The highest BCUT2D eigenvalue weighted by Gasteiger charge is 2.46. The topological polar surface area (TPSA) is 833 Å². The molecule has 0 spiro atoms. The number of aliphatic carboxylic acids is 3. The average molecular weight is 2030 g/mol. The first-order chi connectivity index (χ1) is 65.3. The van der Waals surface area contributed by atoms with Crippen LogP contribution >= 0.6 is 35.3 Å². The first-order valence-electron chi connectivity index (χ1n) is 45.2. The molecule has 778 valence electrons. The molecule has 5 saturated heterocycles. The molecule has 5 rings (SSSR count). The molecule has 5 aliphatic rings. The Labute approximate surface area is 811 Å². The number of carboxylic acids is 3. The molecule has 5 heterocycles. The zero-order valence-electron chi connectivity index (χ0n) is 78.7. The third-order valence-corrected chi connectivity index (χ3v) is 27.4. The van der Waals surface area contributed by atoms with Gasteiger partial charge in [0, 0.05) is 52.5 Å². The second kappa shape index (κ2) is 56.4. The third kappa shape index (κ3) is 35.7. The van der Waals surface area contributed by atoms with Crippen molar-refractivity contribution < 1.29 is 151 Å². The summed E-state index contributed by atoms with van der Waals surface area (Å²) >= 11 is 1.55. The second-order valence-corrected chi connectivity index (χ2v) is 38.6. The molecule has 6 bridgehead atoms. The smallest absolute Gasteiger partial charge is 0.335 e. The summed E-state index contributed by atoms with van der Waals surface area (Å²) in [7, 11) is 0. The van der Waals surface area contributed by atoms with Gasteiger partial charge in [-0.05, 0) is 91.5 Å². The Morgan fingerprint density at radius 2 is 0.921 bits per heavy atom. The van der Waals surface area contributed by atoms with Crippen LogP contribution in [0.2, 0.25) is 0 Å². The number of nitrogens with two attached hydrogens (primary N) is 1. The Kier molecular flexibility index (Phi) is 47.7. The minimum Gasteiger partial charge on any atom is -0.481 e. The van der Waals surface area contributed by atoms with Crippen molar-refractivity contribution in [2.45, 2.75) is 290 Å². The van der Waals surface area contributed by atoms with E-state index < -0.39 is 372 Å². The lowest BCUT2D eigenvalue weighted by Gasteiger charge is -2.33. The van der Waals surface area contributed by atoms with E-state index in [1.807, 2.05) is 10.6 Å². The average Bonchev–Trinajstić information content (AvgIpc) is 1.65. The molecule has 0 radical (unpaired) electrons. The minimum atomic E-state index is -3.00. The van der Waals surface area contributed by atoms with Gasteiger partial charge in [-0.3, -0.25) is 105 Å². The van der Waals surface area contributed by atoms with E-state index in [1.165, 1.54) is 27.7 Å². The van der Waals surface area contributed by atoms with E-state index in [0.717, 1.165) is 39.5 Å². The van der Waals surface area contributed by atoms with Crippen molar-refractivity contribution in [2.24, 2.45) is 17.6 Å². The fourth-order valence-corrected chi connectivity index (χ4v) is 17.7. The Morgan fingerprint density at radius 3 is 1.46 bits per heavy atom. The van der Waals surface area contributed by atoms with Crippen molar-refractivity contribution in [3.63, 3.8) is 0 Å². The quantitative estimate of drug-likeness (QED) is 0.0534. The molecule has 57 heteroatoms. The number of fused-ring (bicyclic) bond motifs is 22. The van der Waals surface area contributed by atoms with E-state index in [-0.39, 0.29) is 51.6 Å². The summed E-state index contributed by atoms with van der Waals surface area (Å²) < 4.78 is 0. The molecule has 0 aromatic rings. The number of hydrogen-bond donors (Lipinski definition) is 29. The van der Waals surface area contributed by atoms with E-state index in [1.54, 1.807) is 20.8 Å². The van der Waals surface area contributed by atoms with Crippen LogP contribution in [0.1, 0.15) is 141 Å². The highest BCUT2D eigenvalue weighted by molar-refractivity contribution is 8.00. The Bertz CT molecular complexity index is 4490. The summed E-state index contributed by atoms with van der Waals surface area (Å²) in [6, 6.07) is -38.8. The van der Waals surface area contributed by atoms with Crippen molar-refractivity contribution in [3.8, 4) is 0 Å². The number of aliphatic hydroxyl groups is 4. The maximum atomic E-state index is 15.9. The molecular formula is C82H131N23O31S3. The zero-order chi connectivity index (χ0) is 104. The zero-order valence-corrected chi connectivity index (χ0v) is 81.2. The normalized spacial score (nSPS) is 30.3. The number of nitrogens with zero attached hydrogens (tertiary/aromatic N) is 1. The van der Waals surface area contributed by atoms with Crippen LogP contribution in [-0.2, 0) is 115 Å². The predicted octanol–water partition coefficient (Wildman–Crippen LogP) is -13.6. The molecule has 0 aromatic carbocycles. The van der Waals surface area contributed by atoms with Gasteiger partial charge >= 0.3 is 17.9 Å². The van der Waals surface area contributed by atoms with E-state index in [4.69, 9.17) is 5.73 Å². The van der Waals surface area contributed by atoms with Gasteiger partial charge in [0.15, 0.2) is 6.10 Å². The van der Waals surface area contributed by atoms with Gasteiger partial charge in [0.1, 0.15) is 115 Å². The van der Waals surface area contributed by atoms with Gasteiger partial charge in [0.25, 0.3) is 0 Å². The van der Waals surface area contributed by atoms with Crippen LogP contribution in [0.15, 0.2) is 0 Å². The molecular weight excluding hydrogens is 1900 g/mol. The molecule has 0 aromatic heterocycles. The first kappa shape index (κ1) is 118. The molecule has 30 N–H and O–H groups in total. The number of carbonyl (C=O) groups excluding carboxylic acids is 21. The Balaban J connectivity index is 1.94. The lowest BCUT2D eigenvalue weighted by atomic mass is 9.97. The van der Waals surface area contributed by atoms with Crippen molar-refractivity contribution in [2.75, 3.05) is 63.2 Å². The third-order valence-electron chi connectivity index (χ3n) is 23.4. The second-order valence-electron chi connectivity index (χ2n) is 34.4. The monoisotopic (exact) mass is 2030 g/mol. The number of nitrogens with one attached hydrogen (secondary N) is 21. The maximum Gasteiger partial charge on any atom is 0.335 e. The molecule has 139 heavy (non-hydrogen) atoms. The minimum absolute atomic E-state index is 0.0247. The van der Waals surface area contributed by atoms with Crippen LogP contribution in [0.25, 0.3) is 0 Å². The molecule has 0 aliphatic carbocycles. The van der Waals surface area contributed by atoms with Crippen LogP contribution in [0.3, 0.4) is 0 Å². The van der Waals surface area contributed by atoms with Crippen LogP contribution in [-0.4, -0.2) is 395 Å². The van der Waals surface area contributed by atoms with Crippen molar-refractivity contribution >= 4 is 177 Å². The number of hydrogen-bond acceptors (Lipinski definition) is 33. The highest BCUT2D eigenvalue weighted by atomic mass is 32.2. The molecule has 0 saturated carbocycles. The summed E-state index contributed by atoms with van der Waals surface area (Å²) in [5, 5.41) is 120. The van der Waals surface area contributed by atoms with Gasteiger partial charge < -0.3 is 158 Å². The SMILES string of the molecule is CC[C@H](C)[C@@H]1NC(=O)[C@H](C)NC(=O)[C@@H]2NC(=O)[C@H]([C@@H](C)CC)NC(=O)[C@@H]3CCCN3C(=O)CNC(=O)[C@H](CO)NC(=O)[C@@H]3CNCCCC[C@@H](C(=O)O)NC(=O)[C@@H]4NC(=O)[C@H]([C@@H](C)O)NC(=O)CNC(=O)[C@H]([C@@H](O)C(=O)O)NC(=O)[C@H](CS[C@@H](C)[C@@H](NC(=O)[C@H](CO)NC(=O)[C@H](C)NC(=O)[C@@H](NC(=O)[C@H](CCC(=O)O)NC(=O)[C@H](C)NC(=O)[C@H](C)N)CS[C@H]4C)C(=O)N[C@@H](CS[C@H]2C)C(=O)N3)NC1=O. The largest absolute Gasteiger partial charge is 0.481 e. The molecule has 27 atom stereocenters. The maximum absolute atomic E-state index is 15.9. The van der Waals surface area contributed by atoms with E-state index >= 15 is 38.4 Å². The summed E-state index contributed by atoms with van der Waals surface area (Å²) in [5.41, 5.74) is 5.67. The number of rotatable bonds is 19. The number of amides is 21. The van der Waals surface area contributed by atoms with Crippen molar-refractivity contribution in [1.82, 2.24) is 117 Å². The van der Waals surface area contributed by atoms with Crippen LogP contribution in [0.5, 0.6) is 0 Å². The van der Waals surface area contributed by atoms with Gasteiger partial charge in [-0.1, -0.05) is 61.3 Å². The van der Waals surface area contributed by atoms with Crippen molar-refractivity contribution in [3.05, 3.63) is 0 Å². The van der Waals surface area contributed by atoms with Gasteiger partial charge in [-0.2, -0.15) is 35.3 Å². The van der Waals surface area contributed by atoms with Gasteiger partial charge in [0.2, 0.25) is 124 Å². The van der Waals surface area contributed by atoms with Crippen LogP contribution < -0.4 is 117 Å². The van der Waals surface area contributed by atoms with Gasteiger partial charge in [-0.15, -0.1) is 0 Å². The predicted molar refractivity (Wildman–Crippen MR) is 492 cm³/mol. The summed E-state index contributed by atoms with van der Waals surface area (Å²) in [5.74, 6) is -36.9. The lowest BCUT2D eigenvalue weighted by molar-refractivity contribution is -0.152. The van der Waals surface area contributed by atoms with Crippen LogP contribution in [0, 0.1) is 11.8 Å². The van der Waals surface area contributed by atoms with Crippen LogP contribution in [0.4, 0.5) is 0 Å². The highest BCUT2D eigenvalue weighted by Crippen LogP contribution is 2.25. The van der Waals surface area contributed by atoms with Crippen molar-refractivity contribution in [1.29, 1.82) is 0 Å². The summed E-state index contributed by atoms with van der Waals surface area (Å²) in [4.78, 5) is 348. The molecule has 54 nitrogen and oxygen atoms in total. The number of thioether (sulfide) groups is 3. The molecule has 21 amide bonds. The fraction of sp³-hybridized carbons (Fsp3) is 0.707. The Hall–Kier alpha value is -11.9. The molecule has 0 unspecified atom stereocenters. The van der Waals surface area contributed by atoms with E-state index in [0.29, 0.717) is 35.3 Å². The summed E-state index contributed by atoms with van der Waals surface area (Å²) in [6.45, 7) is 9.49. The van der Waals surface area contributed by atoms with E-state index in [9.17, 15) is 112 Å². The number of carboxylic acid groups (broad SMARTS) is 3. The fourth-order valence-electron chi connectivity index (χ4n) is 14.3. The standard InChI is InChI=1S/C82H131N23O31S3/c1-13-32(3)54-75(127)96-49-31-139-40(11)58-80(132)97-48-30-138-39(10)57(78(130)89-37(8)65(117)99-54)102-76(128)55(33(4)14-2)100-73(125)50-19-17-23-105(50)52(110)26-86-66(118)45(27-106)94-68(120)44(92-71(48)123)24-84-22-16-15-18-43(81(133)134)91-79(131)59(103-77(129)56(38(9)108)98-51(109)25-85-74(126)60(104-72(49)124)61(113)82(135)136)41(12)137-29-47(70(122)88-36(7)64(116)93-46(28-107)69(121)101-58)95-67(119)42(20-21-53(111)112)90-63(115)35(6)87-62(114)34(5)83/h32-50,54-61,84,106-108,113H,13-31,83H2,1-12H3,(H,85,126)(H,86,118)(H,87,114)(H,88,122)(H,89,130)(H,90,115)(H,91,131)(H,92,123)(H,93,116)(H,94,120)(H,95,119)(H,96,127)(H,97,132)(H,98,109)(H,99,117)(H,100,125)(H,101,121)(H,102,128)(H,103,129)(H,104,124)(H,111,112)(H,133,134)(H,135,136)/t32-,33-,34-,35-,36-,37-,38+,39-,40-,41-,42-,43-,44-,45-,46-,47-,48-,49-,50-,54-,55-,56-,57+,58+,59+,60-,61+/m0/s1. The van der Waals surface area contributed by atoms with Gasteiger partial charge in [-0.25, -0.2) is 9.59 Å². The lowest BCUT2D eigenvalue weighted by Crippen LogP contribution is -2.64. The first-order valence-corrected chi connectivity index (χ1v) is 48.3. The molecule has 5 fully saturated rings. The molecule has 5 aliphatic heterocycles. The van der Waals surface area contributed by atoms with Gasteiger partial charge in [0.05, 0.1) is 38.4 Å². The van der Waals surface area contributed by atoms with E-state index in [2.05, 4.69) is 101 Å². The summed E-state index contributed by atoms with van der Waals surface area (Å²) in [6.07, 6.45) is -7.02.